The van der Waals surface area contributed by atoms with Crippen LogP contribution in [0.1, 0.15) is 118 Å². The topological polar surface area (TPSA) is 119 Å². The number of aliphatic hydroxyl groups is 1. The third kappa shape index (κ3) is 4.50. The lowest BCUT2D eigenvalue weighted by atomic mass is 9.41. The van der Waals surface area contributed by atoms with Crippen LogP contribution in [-0.4, -0.2) is 92.0 Å². The van der Waals surface area contributed by atoms with Crippen molar-refractivity contribution in [3.05, 3.63) is 11.6 Å². The largest absolute Gasteiger partial charge is 0.446 e. The predicted octanol–water partition coefficient (Wildman–Crippen LogP) is 6.59. The van der Waals surface area contributed by atoms with Gasteiger partial charge in [-0.05, 0) is 111 Å². The van der Waals surface area contributed by atoms with E-state index in [2.05, 4.69) is 63.2 Å². The predicted molar refractivity (Wildman–Crippen MR) is 193 cm³/mol. The Morgan fingerprint density at radius 3 is 2.37 bits per heavy atom. The summed E-state index contributed by atoms with van der Waals surface area (Å²) in [5.74, 6) is 3.38. The minimum atomic E-state index is -0.563. The molecule has 0 bridgehead atoms. The van der Waals surface area contributed by atoms with Crippen molar-refractivity contribution in [2.24, 2.45) is 56.7 Å². The molecule has 0 aromatic carbocycles. The standard InChI is InChI=1S/C41H63N5O6/c1-23(2)32(52-35(48)44-16-9-17-44)26-20-24(3)31-33(50-26)34(47)39(8)28-11-10-27-37(5,6)29(12-13-40(27)22-41(28,40)15-14-38(31,39)7)51-36(49)45-18-19-46-25(4)42-43-30(46)21-45/h23-24,26-29,31-34,47H,9-22H2,1-8H3/t24-,26?,27+,28?,29?,31+,32?,33?,34+,38?,39-,40?,41?/m1/s1. The zero-order valence-electron chi connectivity index (χ0n) is 32.9. The Labute approximate surface area is 309 Å². The monoisotopic (exact) mass is 721 g/mol. The van der Waals surface area contributed by atoms with Crippen molar-refractivity contribution in [3.63, 3.8) is 0 Å². The van der Waals surface area contributed by atoms with E-state index in [0.29, 0.717) is 37.4 Å². The molecule has 11 heteroatoms. The maximum atomic E-state index is 13.6. The maximum absolute atomic E-state index is 13.6. The van der Waals surface area contributed by atoms with Gasteiger partial charge >= 0.3 is 12.2 Å². The van der Waals surface area contributed by atoms with Crippen LogP contribution in [0, 0.1) is 63.6 Å². The van der Waals surface area contributed by atoms with Crippen LogP contribution in [0.15, 0.2) is 0 Å². The molecule has 3 aliphatic heterocycles. The summed E-state index contributed by atoms with van der Waals surface area (Å²) in [5.41, 5.74) is 0.0239. The fourth-order valence-corrected chi connectivity index (χ4v) is 14.7. The fourth-order valence-electron chi connectivity index (χ4n) is 14.7. The first-order valence-corrected chi connectivity index (χ1v) is 20.7. The van der Waals surface area contributed by atoms with Crippen LogP contribution in [0.4, 0.5) is 9.59 Å². The van der Waals surface area contributed by atoms with E-state index in [9.17, 15) is 14.7 Å². The third-order valence-corrected chi connectivity index (χ3v) is 17.6. The first-order valence-electron chi connectivity index (χ1n) is 20.7. The highest BCUT2D eigenvalue weighted by Gasteiger charge is 2.84. The number of hydrogen-bond acceptors (Lipinski definition) is 8. The Kier molecular flexibility index (Phi) is 7.85. The third-order valence-electron chi connectivity index (χ3n) is 17.6. The van der Waals surface area contributed by atoms with Crippen LogP contribution < -0.4 is 0 Å². The molecule has 2 amide bonds. The summed E-state index contributed by atoms with van der Waals surface area (Å²) in [6.45, 7) is 21.5. The number of carbonyl (C=O) groups excluding carboxylic acids is 2. The molecule has 13 atom stereocenters. The molecule has 52 heavy (non-hydrogen) atoms. The van der Waals surface area contributed by atoms with Crippen LogP contribution in [0.5, 0.6) is 0 Å². The quantitative estimate of drug-likeness (QED) is 0.370. The van der Waals surface area contributed by atoms with Gasteiger partial charge in [-0.25, -0.2) is 9.59 Å². The molecular weight excluding hydrogens is 658 g/mol. The van der Waals surface area contributed by atoms with Gasteiger partial charge in [0.2, 0.25) is 0 Å². The molecular formula is C41H63N5O6. The second-order valence-corrected chi connectivity index (χ2v) is 20.1. The summed E-state index contributed by atoms with van der Waals surface area (Å²) >= 11 is 0. The van der Waals surface area contributed by atoms with E-state index in [1.54, 1.807) is 9.80 Å². The number of carbonyl (C=O) groups is 2. The molecule has 2 spiro atoms. The van der Waals surface area contributed by atoms with Gasteiger partial charge in [-0.3, -0.25) is 4.90 Å². The summed E-state index contributed by atoms with van der Waals surface area (Å²) in [6.07, 6.45) is 7.70. The molecule has 2 saturated heterocycles. The number of rotatable bonds is 4. The van der Waals surface area contributed by atoms with Gasteiger partial charge in [-0.2, -0.15) is 0 Å². The first-order chi connectivity index (χ1) is 24.6. The first kappa shape index (κ1) is 35.3. The number of nitrogens with zero attached hydrogens (tertiary/aromatic N) is 5. The minimum absolute atomic E-state index is 0.0326. The van der Waals surface area contributed by atoms with Crippen LogP contribution in [-0.2, 0) is 27.3 Å². The number of likely N-dealkylation sites (tertiary alicyclic amines) is 1. The zero-order chi connectivity index (χ0) is 36.7. The molecule has 11 nitrogen and oxygen atoms in total. The van der Waals surface area contributed by atoms with Gasteiger partial charge < -0.3 is 28.8 Å². The molecule has 1 aromatic rings. The molecule has 1 N–H and O–H groups in total. The smallest absolute Gasteiger partial charge is 0.410 e. The zero-order valence-corrected chi connectivity index (χ0v) is 32.9. The van der Waals surface area contributed by atoms with Gasteiger partial charge in [0.05, 0.1) is 24.9 Å². The van der Waals surface area contributed by atoms with Gasteiger partial charge in [0.1, 0.15) is 18.0 Å². The van der Waals surface area contributed by atoms with Crippen molar-refractivity contribution in [1.29, 1.82) is 0 Å². The average molecular weight is 722 g/mol. The second kappa shape index (κ2) is 11.6. The van der Waals surface area contributed by atoms with E-state index in [1.807, 2.05) is 6.92 Å². The normalized spacial score (nSPS) is 46.0. The van der Waals surface area contributed by atoms with Gasteiger partial charge in [0, 0.05) is 37.0 Å². The van der Waals surface area contributed by atoms with E-state index in [1.165, 1.54) is 12.8 Å². The van der Waals surface area contributed by atoms with Gasteiger partial charge in [-0.1, -0.05) is 48.5 Å². The Morgan fingerprint density at radius 1 is 0.923 bits per heavy atom. The van der Waals surface area contributed by atoms with E-state index >= 15 is 0 Å². The molecule has 0 radical (unpaired) electrons. The molecule has 8 unspecified atom stereocenters. The van der Waals surface area contributed by atoms with Crippen LogP contribution in [0.2, 0.25) is 0 Å². The van der Waals surface area contributed by atoms with Crippen LogP contribution in [0.3, 0.4) is 0 Å². The lowest BCUT2D eigenvalue weighted by Gasteiger charge is -2.63. The summed E-state index contributed by atoms with van der Waals surface area (Å²) in [4.78, 5) is 30.2. The van der Waals surface area contributed by atoms with Crippen molar-refractivity contribution in [2.75, 3.05) is 19.6 Å². The Hall–Kier alpha value is -2.40. The number of hydrogen-bond donors (Lipinski definition) is 1. The molecule has 1 aromatic heterocycles. The average Bonchev–Trinajstić information content (AvgIpc) is 3.54. The molecule has 8 aliphatic rings. The van der Waals surface area contributed by atoms with Crippen molar-refractivity contribution >= 4 is 12.2 Å². The highest BCUT2D eigenvalue weighted by Crippen LogP contribution is 2.89. The van der Waals surface area contributed by atoms with Crippen LogP contribution in [0.25, 0.3) is 0 Å². The molecule has 5 aliphatic carbocycles. The highest BCUT2D eigenvalue weighted by molar-refractivity contribution is 5.69. The molecule has 288 valence electrons. The van der Waals surface area contributed by atoms with Crippen molar-refractivity contribution in [1.82, 2.24) is 24.6 Å². The maximum Gasteiger partial charge on any atom is 0.410 e. The molecule has 5 saturated carbocycles. The molecule has 9 rings (SSSR count). The van der Waals surface area contributed by atoms with Gasteiger partial charge in [0.15, 0.2) is 5.82 Å². The van der Waals surface area contributed by atoms with E-state index < -0.39 is 6.10 Å². The highest BCUT2D eigenvalue weighted by atomic mass is 16.6. The summed E-state index contributed by atoms with van der Waals surface area (Å²) < 4.78 is 21.8. The Morgan fingerprint density at radius 2 is 1.65 bits per heavy atom. The number of fused-ring (bicyclic) bond motifs is 5. The van der Waals surface area contributed by atoms with Crippen molar-refractivity contribution in [2.45, 2.75) is 157 Å². The number of amides is 2. The SMILES string of the molecule is Cc1nnc2n1CCN(C(=O)OC1CCC34CC35CCC3(C)[C@@H]6C(OC(C(OC(=O)N7CCC7)C(C)C)C[C@H]6C)[C@H](O)[C@@]3(C)C5CC[C@H]4C1(C)C)C2. The van der Waals surface area contributed by atoms with Crippen LogP contribution >= 0.6 is 0 Å². The lowest BCUT2D eigenvalue weighted by molar-refractivity contribution is -0.185. The Bertz CT molecular complexity index is 1630. The number of aryl methyl sites for hydroxylation is 1. The number of aromatic nitrogens is 3. The van der Waals surface area contributed by atoms with Crippen molar-refractivity contribution in [3.8, 4) is 0 Å². The van der Waals surface area contributed by atoms with Crippen molar-refractivity contribution < 1.29 is 28.9 Å². The molecule has 7 fully saturated rings. The van der Waals surface area contributed by atoms with Gasteiger partial charge in [-0.15, -0.1) is 10.2 Å². The fraction of sp³-hybridized carbons (Fsp3) is 0.902. The van der Waals surface area contributed by atoms with E-state index in [0.717, 1.165) is 69.7 Å². The second-order valence-electron chi connectivity index (χ2n) is 20.1. The molecule has 4 heterocycles. The number of aliphatic hydroxyl groups excluding tert-OH is 1. The van der Waals surface area contributed by atoms with E-state index in [-0.39, 0.29) is 75.5 Å². The lowest BCUT2D eigenvalue weighted by Crippen LogP contribution is -2.60. The van der Waals surface area contributed by atoms with Gasteiger partial charge in [0.25, 0.3) is 0 Å². The van der Waals surface area contributed by atoms with E-state index in [4.69, 9.17) is 14.2 Å². The summed E-state index contributed by atoms with van der Waals surface area (Å²) in [5, 5.41) is 21.2. The summed E-state index contributed by atoms with van der Waals surface area (Å²) in [6, 6.07) is 0. The minimum Gasteiger partial charge on any atom is -0.446 e. The summed E-state index contributed by atoms with van der Waals surface area (Å²) in [7, 11) is 0. The Balaban J connectivity index is 0.931. The number of ether oxygens (including phenoxy) is 3.